The Kier molecular flexibility index (Phi) is 3.95. The smallest absolute Gasteiger partial charge is 0.137 e. The van der Waals surface area contributed by atoms with Crippen molar-refractivity contribution in [2.24, 2.45) is 0 Å². The summed E-state index contributed by atoms with van der Waals surface area (Å²) < 4.78 is 13.9. The predicted octanol–water partition coefficient (Wildman–Crippen LogP) is 2.38. The molecule has 1 N–H and O–H groups in total. The van der Waals surface area contributed by atoms with Crippen LogP contribution >= 0.6 is 15.9 Å². The van der Waals surface area contributed by atoms with Crippen LogP contribution in [0.5, 0.6) is 0 Å². The van der Waals surface area contributed by atoms with Crippen LogP contribution in [0.1, 0.15) is 12.5 Å². The number of hydrogen-bond donors (Lipinski definition) is 1. The minimum absolute atomic E-state index is 0.180. The molecule has 2 nitrogen and oxygen atoms in total. The number of hydrogen-bond acceptors (Lipinski definition) is 2. The van der Waals surface area contributed by atoms with Crippen molar-refractivity contribution in [1.29, 1.82) is 0 Å². The molecule has 1 atom stereocenters. The fourth-order valence-electron chi connectivity index (χ4n) is 2.07. The summed E-state index contributed by atoms with van der Waals surface area (Å²) in [6, 6.07) is 5.73. The lowest BCUT2D eigenvalue weighted by molar-refractivity contribution is 0.199. The molecule has 4 heteroatoms. The van der Waals surface area contributed by atoms with Gasteiger partial charge in [0.2, 0.25) is 0 Å². The second kappa shape index (κ2) is 5.25. The topological polar surface area (TPSA) is 15.3 Å². The number of nitrogens with zero attached hydrogens (tertiary/aromatic N) is 1. The van der Waals surface area contributed by atoms with Crippen LogP contribution < -0.4 is 5.32 Å². The van der Waals surface area contributed by atoms with E-state index >= 15 is 0 Å². The molecule has 0 saturated carbocycles. The molecular weight excluding hydrogens is 271 g/mol. The van der Waals surface area contributed by atoms with Crippen molar-refractivity contribution in [1.82, 2.24) is 10.2 Å². The van der Waals surface area contributed by atoms with Crippen molar-refractivity contribution < 1.29 is 4.39 Å². The van der Waals surface area contributed by atoms with Gasteiger partial charge >= 0.3 is 0 Å². The highest BCUT2D eigenvalue weighted by molar-refractivity contribution is 9.10. The summed E-state index contributed by atoms with van der Waals surface area (Å²) in [5.74, 6) is -0.180. The maximum Gasteiger partial charge on any atom is 0.137 e. The van der Waals surface area contributed by atoms with E-state index in [1.807, 2.05) is 6.07 Å². The Balaban J connectivity index is 2.05. The molecule has 2 rings (SSSR count). The molecule has 0 bridgehead atoms. The summed E-state index contributed by atoms with van der Waals surface area (Å²) in [5.41, 5.74) is 1.02. The number of piperazine rings is 1. The summed E-state index contributed by atoms with van der Waals surface area (Å²) >= 11 is 3.30. The van der Waals surface area contributed by atoms with Gasteiger partial charge in [-0.3, -0.25) is 4.90 Å². The van der Waals surface area contributed by atoms with Crippen molar-refractivity contribution in [3.8, 4) is 0 Å². The molecule has 0 aromatic heterocycles. The Hall–Kier alpha value is -0.450. The molecule has 1 aromatic rings. The van der Waals surface area contributed by atoms with Gasteiger partial charge in [-0.15, -0.1) is 0 Å². The molecule has 1 saturated heterocycles. The summed E-state index contributed by atoms with van der Waals surface area (Å²) in [6.45, 7) is 6.03. The van der Waals surface area contributed by atoms with Crippen LogP contribution in [-0.2, 0) is 6.54 Å². The van der Waals surface area contributed by atoms with E-state index in [2.05, 4.69) is 33.1 Å². The zero-order valence-electron chi connectivity index (χ0n) is 9.34. The Morgan fingerprint density at radius 3 is 3.12 bits per heavy atom. The maximum absolute atomic E-state index is 13.3. The van der Waals surface area contributed by atoms with Crippen LogP contribution in [0.2, 0.25) is 0 Å². The first-order chi connectivity index (χ1) is 7.66. The van der Waals surface area contributed by atoms with Crippen LogP contribution in [-0.4, -0.2) is 30.6 Å². The van der Waals surface area contributed by atoms with Gasteiger partial charge in [0.1, 0.15) is 5.82 Å². The molecule has 1 heterocycles. The quantitative estimate of drug-likeness (QED) is 0.898. The number of nitrogens with one attached hydrogen (secondary N) is 1. The van der Waals surface area contributed by atoms with Gasteiger partial charge in [0, 0.05) is 32.2 Å². The predicted molar refractivity (Wildman–Crippen MR) is 66.8 cm³/mol. The average Bonchev–Trinajstić information content (AvgIpc) is 2.25. The third kappa shape index (κ3) is 2.81. The normalized spacial score (nSPS) is 22.3. The van der Waals surface area contributed by atoms with Crippen LogP contribution in [0, 0.1) is 5.82 Å². The highest BCUT2D eigenvalue weighted by Gasteiger charge is 2.16. The molecule has 1 aliphatic heterocycles. The van der Waals surface area contributed by atoms with Crippen molar-refractivity contribution in [3.63, 3.8) is 0 Å². The molecule has 16 heavy (non-hydrogen) atoms. The third-order valence-electron chi connectivity index (χ3n) is 2.88. The summed E-state index contributed by atoms with van der Waals surface area (Å²) in [4.78, 5) is 2.35. The fraction of sp³-hybridized carbons (Fsp3) is 0.500. The fourth-order valence-corrected chi connectivity index (χ4v) is 2.46. The molecule has 1 fully saturated rings. The monoisotopic (exact) mass is 286 g/mol. The van der Waals surface area contributed by atoms with E-state index in [4.69, 9.17) is 0 Å². The summed E-state index contributed by atoms with van der Waals surface area (Å²) in [6.07, 6.45) is 0. The lowest BCUT2D eigenvalue weighted by Crippen LogP contribution is -2.48. The summed E-state index contributed by atoms with van der Waals surface area (Å²) in [7, 11) is 0. The highest BCUT2D eigenvalue weighted by Crippen LogP contribution is 2.22. The molecule has 0 spiro atoms. The van der Waals surface area contributed by atoms with Crippen molar-refractivity contribution >= 4 is 15.9 Å². The first-order valence-corrected chi connectivity index (χ1v) is 6.35. The lowest BCUT2D eigenvalue weighted by atomic mass is 10.1. The molecule has 0 radical (unpaired) electrons. The van der Waals surface area contributed by atoms with E-state index in [0.717, 1.165) is 31.7 Å². The largest absolute Gasteiger partial charge is 0.312 e. The zero-order chi connectivity index (χ0) is 11.5. The van der Waals surface area contributed by atoms with Gasteiger partial charge < -0.3 is 5.32 Å². The van der Waals surface area contributed by atoms with E-state index in [-0.39, 0.29) is 5.82 Å². The SMILES string of the molecule is C[C@@H]1CN(Cc2cccc(F)c2Br)CCN1. The van der Waals surface area contributed by atoms with Gasteiger partial charge in [-0.2, -0.15) is 0 Å². The highest BCUT2D eigenvalue weighted by atomic mass is 79.9. The van der Waals surface area contributed by atoms with Gasteiger partial charge in [-0.25, -0.2) is 4.39 Å². The first kappa shape index (κ1) is 12.0. The van der Waals surface area contributed by atoms with Crippen LogP contribution in [0.25, 0.3) is 0 Å². The van der Waals surface area contributed by atoms with Crippen molar-refractivity contribution in [3.05, 3.63) is 34.1 Å². The van der Waals surface area contributed by atoms with Crippen LogP contribution in [0.3, 0.4) is 0 Å². The summed E-state index contributed by atoms with van der Waals surface area (Å²) in [5, 5.41) is 3.40. The minimum atomic E-state index is -0.180. The van der Waals surface area contributed by atoms with Crippen molar-refractivity contribution in [2.45, 2.75) is 19.5 Å². The van der Waals surface area contributed by atoms with Crippen molar-refractivity contribution in [2.75, 3.05) is 19.6 Å². The molecular formula is C12H16BrFN2. The van der Waals surface area contributed by atoms with E-state index in [1.54, 1.807) is 6.07 Å². The second-order valence-electron chi connectivity index (χ2n) is 4.30. The van der Waals surface area contributed by atoms with Crippen LogP contribution in [0.15, 0.2) is 22.7 Å². The third-order valence-corrected chi connectivity index (χ3v) is 3.77. The van der Waals surface area contributed by atoms with E-state index < -0.39 is 0 Å². The van der Waals surface area contributed by atoms with E-state index in [0.29, 0.717) is 10.5 Å². The lowest BCUT2D eigenvalue weighted by Gasteiger charge is -2.32. The van der Waals surface area contributed by atoms with Gasteiger partial charge in [0.05, 0.1) is 4.47 Å². The van der Waals surface area contributed by atoms with E-state index in [9.17, 15) is 4.39 Å². The average molecular weight is 287 g/mol. The standard InChI is InChI=1S/C12H16BrFN2/c1-9-7-16(6-5-15-9)8-10-3-2-4-11(14)12(10)13/h2-4,9,15H,5-8H2,1H3/t9-/m1/s1. The molecule has 0 amide bonds. The molecule has 0 unspecified atom stereocenters. The van der Waals surface area contributed by atoms with E-state index in [1.165, 1.54) is 6.07 Å². The number of halogens is 2. The van der Waals surface area contributed by atoms with Gasteiger partial charge in [0.15, 0.2) is 0 Å². The number of rotatable bonds is 2. The Labute approximate surface area is 104 Å². The molecule has 88 valence electrons. The Morgan fingerprint density at radius 2 is 2.38 bits per heavy atom. The molecule has 1 aliphatic rings. The minimum Gasteiger partial charge on any atom is -0.312 e. The second-order valence-corrected chi connectivity index (χ2v) is 5.10. The first-order valence-electron chi connectivity index (χ1n) is 5.55. The van der Waals surface area contributed by atoms with Gasteiger partial charge in [-0.1, -0.05) is 12.1 Å². The molecule has 0 aliphatic carbocycles. The van der Waals surface area contributed by atoms with Gasteiger partial charge in [-0.05, 0) is 34.5 Å². The molecule has 1 aromatic carbocycles. The van der Waals surface area contributed by atoms with Crippen LogP contribution in [0.4, 0.5) is 4.39 Å². The Morgan fingerprint density at radius 1 is 1.56 bits per heavy atom. The Bertz CT molecular complexity index is 370. The number of benzene rings is 1. The van der Waals surface area contributed by atoms with Gasteiger partial charge in [0.25, 0.3) is 0 Å². The maximum atomic E-state index is 13.3. The zero-order valence-corrected chi connectivity index (χ0v) is 10.9.